The third-order valence-corrected chi connectivity index (χ3v) is 0.974. The molecule has 0 aromatic rings. The van der Waals surface area contributed by atoms with Gasteiger partial charge in [-0.25, -0.2) is 4.79 Å². The SMILES string of the molecule is CCCN=C(N)NC(=O)NC. The zero-order valence-electron chi connectivity index (χ0n) is 6.85. The Kier molecular flexibility index (Phi) is 4.89. The third-order valence-electron chi connectivity index (χ3n) is 0.974. The number of amides is 2. The van der Waals surface area contributed by atoms with Gasteiger partial charge in [0.25, 0.3) is 0 Å². The Hall–Kier alpha value is -1.26. The van der Waals surface area contributed by atoms with Gasteiger partial charge in [0.2, 0.25) is 0 Å². The molecule has 0 heterocycles. The molecular weight excluding hydrogens is 144 g/mol. The first kappa shape index (κ1) is 9.74. The fourth-order valence-electron chi connectivity index (χ4n) is 0.451. The maximum atomic E-state index is 10.6. The van der Waals surface area contributed by atoms with Crippen molar-refractivity contribution in [1.82, 2.24) is 10.6 Å². The monoisotopic (exact) mass is 158 g/mol. The van der Waals surface area contributed by atoms with Crippen LogP contribution in [0.15, 0.2) is 4.99 Å². The van der Waals surface area contributed by atoms with Gasteiger partial charge in [-0.2, -0.15) is 0 Å². The molecule has 2 amide bonds. The second kappa shape index (κ2) is 5.52. The van der Waals surface area contributed by atoms with Crippen molar-refractivity contribution in [3.63, 3.8) is 0 Å². The van der Waals surface area contributed by atoms with Crippen LogP contribution < -0.4 is 16.4 Å². The van der Waals surface area contributed by atoms with Gasteiger partial charge < -0.3 is 11.1 Å². The highest BCUT2D eigenvalue weighted by atomic mass is 16.2. The normalized spacial score (nSPS) is 10.9. The minimum atomic E-state index is -0.345. The third kappa shape index (κ3) is 5.20. The van der Waals surface area contributed by atoms with Crippen molar-refractivity contribution >= 4 is 12.0 Å². The molecule has 0 saturated heterocycles. The summed E-state index contributed by atoms with van der Waals surface area (Å²) in [5.74, 6) is 0.159. The fourth-order valence-corrected chi connectivity index (χ4v) is 0.451. The van der Waals surface area contributed by atoms with Crippen LogP contribution in [0.2, 0.25) is 0 Å². The van der Waals surface area contributed by atoms with Gasteiger partial charge in [-0.1, -0.05) is 6.92 Å². The quantitative estimate of drug-likeness (QED) is 0.379. The summed E-state index contributed by atoms with van der Waals surface area (Å²) in [5.41, 5.74) is 5.31. The van der Waals surface area contributed by atoms with E-state index >= 15 is 0 Å². The number of guanidine groups is 1. The van der Waals surface area contributed by atoms with E-state index in [1.54, 1.807) is 0 Å². The Morgan fingerprint density at radius 3 is 2.73 bits per heavy atom. The minimum Gasteiger partial charge on any atom is -0.370 e. The Labute approximate surface area is 66.1 Å². The van der Waals surface area contributed by atoms with Crippen LogP contribution in [0.1, 0.15) is 13.3 Å². The summed E-state index contributed by atoms with van der Waals surface area (Å²) in [6, 6.07) is -0.345. The number of carbonyl (C=O) groups excluding carboxylic acids is 1. The molecule has 0 radical (unpaired) electrons. The molecule has 0 rings (SSSR count). The summed E-state index contributed by atoms with van der Waals surface area (Å²) < 4.78 is 0. The van der Waals surface area contributed by atoms with Crippen molar-refractivity contribution in [3.05, 3.63) is 0 Å². The summed E-state index contributed by atoms with van der Waals surface area (Å²) in [5, 5.41) is 4.70. The highest BCUT2D eigenvalue weighted by molar-refractivity contribution is 5.95. The molecular formula is C6H14N4O. The highest BCUT2D eigenvalue weighted by Crippen LogP contribution is 1.75. The van der Waals surface area contributed by atoms with Crippen LogP contribution in [0.4, 0.5) is 4.79 Å². The summed E-state index contributed by atoms with van der Waals surface area (Å²) in [7, 11) is 1.52. The number of aliphatic imine (C=N–C) groups is 1. The van der Waals surface area contributed by atoms with E-state index in [4.69, 9.17) is 5.73 Å². The molecule has 0 aliphatic heterocycles. The zero-order chi connectivity index (χ0) is 8.69. The van der Waals surface area contributed by atoms with Crippen molar-refractivity contribution in [2.45, 2.75) is 13.3 Å². The van der Waals surface area contributed by atoms with E-state index in [0.717, 1.165) is 6.42 Å². The number of hydrogen-bond donors (Lipinski definition) is 3. The van der Waals surface area contributed by atoms with E-state index in [1.165, 1.54) is 7.05 Å². The van der Waals surface area contributed by atoms with E-state index in [0.29, 0.717) is 6.54 Å². The molecule has 5 heteroatoms. The number of rotatable bonds is 2. The molecule has 11 heavy (non-hydrogen) atoms. The molecule has 0 aromatic carbocycles. The lowest BCUT2D eigenvalue weighted by molar-refractivity contribution is 0.247. The molecule has 0 aliphatic rings. The van der Waals surface area contributed by atoms with E-state index in [9.17, 15) is 4.79 Å². The van der Waals surface area contributed by atoms with E-state index < -0.39 is 0 Å². The van der Waals surface area contributed by atoms with Crippen molar-refractivity contribution < 1.29 is 4.79 Å². The van der Waals surface area contributed by atoms with Gasteiger partial charge in [0.05, 0.1) is 0 Å². The van der Waals surface area contributed by atoms with E-state index in [1.807, 2.05) is 6.92 Å². The molecule has 0 aliphatic carbocycles. The van der Waals surface area contributed by atoms with Crippen LogP contribution in [0.3, 0.4) is 0 Å². The lowest BCUT2D eigenvalue weighted by Gasteiger charge is -2.01. The maximum Gasteiger partial charge on any atom is 0.321 e. The summed E-state index contributed by atoms with van der Waals surface area (Å²) >= 11 is 0. The molecule has 0 aromatic heterocycles. The first-order chi connectivity index (χ1) is 5.20. The molecule has 0 saturated carbocycles. The van der Waals surface area contributed by atoms with Crippen LogP contribution in [-0.2, 0) is 0 Å². The average Bonchev–Trinajstić information content (AvgIpc) is 2.00. The van der Waals surface area contributed by atoms with Crippen LogP contribution in [0, 0.1) is 0 Å². The smallest absolute Gasteiger partial charge is 0.321 e. The second-order valence-corrected chi connectivity index (χ2v) is 1.97. The topological polar surface area (TPSA) is 79.5 Å². The molecule has 0 unspecified atom stereocenters. The van der Waals surface area contributed by atoms with Crippen molar-refractivity contribution in [2.24, 2.45) is 10.7 Å². The summed E-state index contributed by atoms with van der Waals surface area (Å²) in [4.78, 5) is 14.5. The predicted octanol–water partition coefficient (Wildman–Crippen LogP) is -0.360. The minimum absolute atomic E-state index is 0.159. The molecule has 0 bridgehead atoms. The number of carbonyl (C=O) groups is 1. The highest BCUT2D eigenvalue weighted by Gasteiger charge is 1.96. The van der Waals surface area contributed by atoms with Crippen LogP contribution in [-0.4, -0.2) is 25.6 Å². The number of hydrogen-bond acceptors (Lipinski definition) is 2. The first-order valence-corrected chi connectivity index (χ1v) is 3.49. The summed E-state index contributed by atoms with van der Waals surface area (Å²) in [6.45, 7) is 2.62. The number of nitrogens with one attached hydrogen (secondary N) is 2. The van der Waals surface area contributed by atoms with Gasteiger partial charge in [-0.3, -0.25) is 10.3 Å². The first-order valence-electron chi connectivity index (χ1n) is 3.49. The molecule has 0 fully saturated rings. The molecule has 0 atom stereocenters. The van der Waals surface area contributed by atoms with Gasteiger partial charge in [-0.15, -0.1) is 0 Å². The molecule has 4 N–H and O–H groups in total. The molecule has 64 valence electrons. The van der Waals surface area contributed by atoms with Gasteiger partial charge in [0, 0.05) is 13.6 Å². The summed E-state index contributed by atoms with van der Waals surface area (Å²) in [6.07, 6.45) is 0.913. The van der Waals surface area contributed by atoms with Crippen molar-refractivity contribution in [1.29, 1.82) is 0 Å². The lowest BCUT2D eigenvalue weighted by Crippen LogP contribution is -2.42. The zero-order valence-corrected chi connectivity index (χ0v) is 6.85. The number of nitrogens with two attached hydrogens (primary N) is 1. The van der Waals surface area contributed by atoms with E-state index in [2.05, 4.69) is 15.6 Å². The lowest BCUT2D eigenvalue weighted by atomic mass is 10.5. The Balaban J connectivity index is 3.66. The fraction of sp³-hybridized carbons (Fsp3) is 0.667. The average molecular weight is 158 g/mol. The standard InChI is InChI=1S/C6H14N4O/c1-3-4-9-5(7)10-6(11)8-2/h3-4H2,1-2H3,(H4,7,8,9,10,11). The van der Waals surface area contributed by atoms with Gasteiger partial charge in [-0.05, 0) is 6.42 Å². The largest absolute Gasteiger partial charge is 0.370 e. The molecule has 5 nitrogen and oxygen atoms in total. The number of nitrogens with zero attached hydrogens (tertiary/aromatic N) is 1. The predicted molar refractivity (Wildman–Crippen MR) is 44.4 cm³/mol. The van der Waals surface area contributed by atoms with Crippen molar-refractivity contribution in [2.75, 3.05) is 13.6 Å². The van der Waals surface area contributed by atoms with Crippen LogP contribution in [0.25, 0.3) is 0 Å². The van der Waals surface area contributed by atoms with Gasteiger partial charge in [0.1, 0.15) is 0 Å². The number of urea groups is 1. The van der Waals surface area contributed by atoms with Crippen LogP contribution >= 0.6 is 0 Å². The van der Waals surface area contributed by atoms with Gasteiger partial charge >= 0.3 is 6.03 Å². The van der Waals surface area contributed by atoms with E-state index in [-0.39, 0.29) is 12.0 Å². The van der Waals surface area contributed by atoms with Crippen molar-refractivity contribution in [3.8, 4) is 0 Å². The Morgan fingerprint density at radius 2 is 2.27 bits per heavy atom. The molecule has 0 spiro atoms. The Morgan fingerprint density at radius 1 is 1.64 bits per heavy atom. The van der Waals surface area contributed by atoms with Gasteiger partial charge in [0.15, 0.2) is 5.96 Å². The second-order valence-electron chi connectivity index (χ2n) is 1.97. The maximum absolute atomic E-state index is 10.6. The Bertz CT molecular complexity index is 155. The van der Waals surface area contributed by atoms with Crippen LogP contribution in [0.5, 0.6) is 0 Å².